The van der Waals surface area contributed by atoms with E-state index in [-0.39, 0.29) is 5.91 Å². The molecule has 132 valence electrons. The molecule has 3 aromatic rings. The highest BCUT2D eigenvalue weighted by Crippen LogP contribution is 2.19. The molecule has 1 aromatic heterocycles. The van der Waals surface area contributed by atoms with Crippen molar-refractivity contribution in [3.63, 3.8) is 0 Å². The van der Waals surface area contributed by atoms with Gasteiger partial charge in [0, 0.05) is 31.0 Å². The standard InChI is InChI=1S/C22H22N2O2/c25-22(21-11-10-19-8-4-5-9-20(19)23-21)24(15-18-12-13-26-16-18)14-17-6-2-1-3-7-17/h1-11,18H,12-16H2. The molecule has 4 rings (SSSR count). The Kier molecular flexibility index (Phi) is 4.93. The molecule has 1 amide bonds. The molecular formula is C22H22N2O2. The van der Waals surface area contributed by atoms with Crippen LogP contribution in [0.5, 0.6) is 0 Å². The number of para-hydroxylation sites is 1. The van der Waals surface area contributed by atoms with E-state index >= 15 is 0 Å². The second-order valence-electron chi connectivity index (χ2n) is 6.79. The third-order valence-corrected chi connectivity index (χ3v) is 4.82. The Morgan fingerprint density at radius 3 is 2.65 bits per heavy atom. The fourth-order valence-corrected chi connectivity index (χ4v) is 3.41. The molecule has 0 saturated carbocycles. The number of hydrogen-bond acceptors (Lipinski definition) is 3. The molecule has 0 N–H and O–H groups in total. The number of pyridine rings is 1. The van der Waals surface area contributed by atoms with Crippen LogP contribution in [0.1, 0.15) is 22.5 Å². The van der Waals surface area contributed by atoms with E-state index in [0.717, 1.165) is 36.1 Å². The van der Waals surface area contributed by atoms with E-state index in [9.17, 15) is 4.79 Å². The predicted octanol–water partition coefficient (Wildman–Crippen LogP) is 3.91. The van der Waals surface area contributed by atoms with Crippen molar-refractivity contribution < 1.29 is 9.53 Å². The molecule has 1 saturated heterocycles. The van der Waals surface area contributed by atoms with Gasteiger partial charge in [-0.05, 0) is 24.1 Å². The summed E-state index contributed by atoms with van der Waals surface area (Å²) in [6, 6.07) is 21.8. The van der Waals surface area contributed by atoms with Gasteiger partial charge in [0.15, 0.2) is 0 Å². The van der Waals surface area contributed by atoms with Crippen LogP contribution in [0.4, 0.5) is 0 Å². The molecule has 0 radical (unpaired) electrons. The first kappa shape index (κ1) is 16.7. The number of rotatable bonds is 5. The van der Waals surface area contributed by atoms with Crippen molar-refractivity contribution in [1.29, 1.82) is 0 Å². The van der Waals surface area contributed by atoms with Crippen LogP contribution in [0.15, 0.2) is 66.7 Å². The molecule has 1 aliphatic rings. The van der Waals surface area contributed by atoms with Crippen molar-refractivity contribution in [2.75, 3.05) is 19.8 Å². The molecule has 4 nitrogen and oxygen atoms in total. The van der Waals surface area contributed by atoms with E-state index in [1.54, 1.807) is 0 Å². The highest BCUT2D eigenvalue weighted by molar-refractivity contribution is 5.94. The third kappa shape index (κ3) is 3.75. The lowest BCUT2D eigenvalue weighted by molar-refractivity contribution is 0.0701. The minimum absolute atomic E-state index is 0.0218. The minimum Gasteiger partial charge on any atom is -0.381 e. The van der Waals surface area contributed by atoms with Crippen molar-refractivity contribution >= 4 is 16.8 Å². The zero-order valence-corrected chi connectivity index (χ0v) is 14.7. The summed E-state index contributed by atoms with van der Waals surface area (Å²) in [6.07, 6.45) is 1.00. The van der Waals surface area contributed by atoms with Crippen LogP contribution in [0.3, 0.4) is 0 Å². The number of benzene rings is 2. The van der Waals surface area contributed by atoms with E-state index < -0.39 is 0 Å². The van der Waals surface area contributed by atoms with Crippen molar-refractivity contribution in [3.05, 3.63) is 78.0 Å². The highest BCUT2D eigenvalue weighted by atomic mass is 16.5. The number of amides is 1. The summed E-state index contributed by atoms with van der Waals surface area (Å²) < 4.78 is 5.50. The summed E-state index contributed by atoms with van der Waals surface area (Å²) >= 11 is 0. The minimum atomic E-state index is -0.0218. The zero-order chi connectivity index (χ0) is 17.8. The van der Waals surface area contributed by atoms with Crippen LogP contribution >= 0.6 is 0 Å². The molecule has 2 heterocycles. The zero-order valence-electron chi connectivity index (χ0n) is 14.7. The van der Waals surface area contributed by atoms with Crippen LogP contribution in [-0.2, 0) is 11.3 Å². The van der Waals surface area contributed by atoms with Crippen molar-refractivity contribution in [2.24, 2.45) is 5.92 Å². The highest BCUT2D eigenvalue weighted by Gasteiger charge is 2.24. The lowest BCUT2D eigenvalue weighted by Crippen LogP contribution is -2.35. The maximum Gasteiger partial charge on any atom is 0.272 e. The van der Waals surface area contributed by atoms with Crippen LogP contribution in [0, 0.1) is 5.92 Å². The normalized spacial score (nSPS) is 16.7. The fraction of sp³-hybridized carbons (Fsp3) is 0.273. The quantitative estimate of drug-likeness (QED) is 0.703. The number of carbonyl (C=O) groups is 1. The molecule has 0 aliphatic carbocycles. The Balaban J connectivity index is 1.60. The molecule has 1 fully saturated rings. The van der Waals surface area contributed by atoms with E-state index in [1.165, 1.54) is 0 Å². The van der Waals surface area contributed by atoms with Crippen LogP contribution in [0.25, 0.3) is 10.9 Å². The molecule has 0 bridgehead atoms. The molecule has 4 heteroatoms. The van der Waals surface area contributed by atoms with Gasteiger partial charge in [0.25, 0.3) is 5.91 Å². The van der Waals surface area contributed by atoms with E-state index in [4.69, 9.17) is 4.74 Å². The van der Waals surface area contributed by atoms with Crippen molar-refractivity contribution in [3.8, 4) is 0 Å². The summed E-state index contributed by atoms with van der Waals surface area (Å²) in [5, 5.41) is 1.04. The van der Waals surface area contributed by atoms with Gasteiger partial charge in [-0.15, -0.1) is 0 Å². The average Bonchev–Trinajstić information content (AvgIpc) is 3.20. The fourth-order valence-electron chi connectivity index (χ4n) is 3.41. The Morgan fingerprint density at radius 1 is 1.04 bits per heavy atom. The first-order valence-electron chi connectivity index (χ1n) is 9.06. The number of hydrogen-bond donors (Lipinski definition) is 0. The molecular weight excluding hydrogens is 324 g/mol. The Hall–Kier alpha value is -2.72. The van der Waals surface area contributed by atoms with Gasteiger partial charge in [-0.1, -0.05) is 54.6 Å². The first-order valence-corrected chi connectivity index (χ1v) is 9.06. The van der Waals surface area contributed by atoms with Crippen LogP contribution in [0.2, 0.25) is 0 Å². The van der Waals surface area contributed by atoms with Gasteiger partial charge in [0.1, 0.15) is 5.69 Å². The third-order valence-electron chi connectivity index (χ3n) is 4.82. The molecule has 1 unspecified atom stereocenters. The molecule has 2 aromatic carbocycles. The second-order valence-corrected chi connectivity index (χ2v) is 6.79. The molecule has 26 heavy (non-hydrogen) atoms. The van der Waals surface area contributed by atoms with Crippen molar-refractivity contribution in [2.45, 2.75) is 13.0 Å². The Labute approximate surface area is 153 Å². The predicted molar refractivity (Wildman–Crippen MR) is 102 cm³/mol. The number of nitrogens with zero attached hydrogens (tertiary/aromatic N) is 2. The molecule has 1 atom stereocenters. The maximum absolute atomic E-state index is 13.2. The smallest absolute Gasteiger partial charge is 0.272 e. The second kappa shape index (κ2) is 7.67. The van der Waals surface area contributed by atoms with Gasteiger partial charge in [-0.2, -0.15) is 0 Å². The van der Waals surface area contributed by atoms with Gasteiger partial charge < -0.3 is 9.64 Å². The van der Waals surface area contributed by atoms with E-state index in [2.05, 4.69) is 17.1 Å². The largest absolute Gasteiger partial charge is 0.381 e. The summed E-state index contributed by atoms with van der Waals surface area (Å²) in [6.45, 7) is 2.79. The number of carbonyl (C=O) groups excluding carboxylic acids is 1. The van der Waals surface area contributed by atoms with Gasteiger partial charge in [-0.25, -0.2) is 4.98 Å². The molecule has 0 spiro atoms. The maximum atomic E-state index is 13.2. The summed E-state index contributed by atoms with van der Waals surface area (Å²) in [7, 11) is 0. The summed E-state index contributed by atoms with van der Waals surface area (Å²) in [4.78, 5) is 19.7. The SMILES string of the molecule is O=C(c1ccc2ccccc2n1)N(Cc1ccccc1)CC1CCOC1. The number of fused-ring (bicyclic) bond motifs is 1. The lowest BCUT2D eigenvalue weighted by Gasteiger charge is -2.25. The topological polar surface area (TPSA) is 42.4 Å². The van der Waals surface area contributed by atoms with Crippen LogP contribution in [-0.4, -0.2) is 35.5 Å². The van der Waals surface area contributed by atoms with Crippen molar-refractivity contribution in [1.82, 2.24) is 9.88 Å². The molecule has 1 aliphatic heterocycles. The van der Waals surface area contributed by atoms with E-state index in [0.29, 0.717) is 24.7 Å². The number of ether oxygens (including phenoxy) is 1. The number of aromatic nitrogens is 1. The monoisotopic (exact) mass is 346 g/mol. The van der Waals surface area contributed by atoms with Gasteiger partial charge in [-0.3, -0.25) is 4.79 Å². The Morgan fingerprint density at radius 2 is 1.85 bits per heavy atom. The Bertz CT molecular complexity index is 889. The van der Waals surface area contributed by atoms with Crippen LogP contribution < -0.4 is 0 Å². The van der Waals surface area contributed by atoms with E-state index in [1.807, 2.05) is 59.5 Å². The first-order chi connectivity index (χ1) is 12.8. The van der Waals surface area contributed by atoms with Gasteiger partial charge >= 0.3 is 0 Å². The summed E-state index contributed by atoms with van der Waals surface area (Å²) in [5.74, 6) is 0.370. The summed E-state index contributed by atoms with van der Waals surface area (Å²) in [5.41, 5.74) is 2.47. The van der Waals surface area contributed by atoms with Gasteiger partial charge in [0.05, 0.1) is 12.1 Å². The average molecular weight is 346 g/mol. The lowest BCUT2D eigenvalue weighted by atomic mass is 10.1. The van der Waals surface area contributed by atoms with Gasteiger partial charge in [0.2, 0.25) is 0 Å².